The van der Waals surface area contributed by atoms with E-state index in [9.17, 15) is 9.90 Å². The van der Waals surface area contributed by atoms with Gasteiger partial charge in [0.25, 0.3) is 0 Å². The van der Waals surface area contributed by atoms with Crippen LogP contribution in [0.4, 0.5) is 0 Å². The molecule has 0 spiro atoms. The van der Waals surface area contributed by atoms with E-state index in [1.54, 1.807) is 0 Å². The maximum atomic E-state index is 9.82. The van der Waals surface area contributed by atoms with Crippen LogP contribution in [0.2, 0.25) is 0 Å². The molecule has 0 unspecified atom stereocenters. The van der Waals surface area contributed by atoms with Gasteiger partial charge in [0.2, 0.25) is 0 Å². The van der Waals surface area contributed by atoms with Gasteiger partial charge in [-0.15, -0.1) is 0 Å². The summed E-state index contributed by atoms with van der Waals surface area (Å²) in [6.07, 6.45) is -1.82. The Balaban J connectivity index is -0.000000320. The van der Waals surface area contributed by atoms with E-state index in [2.05, 4.69) is 0 Å². The molecular weight excluding hydrogens is 163 g/mol. The first-order valence-corrected chi connectivity index (χ1v) is 2.47. The molecule has 0 amide bonds. The largest absolute Gasteiger partial charge is 1.00 e. The predicted molar refractivity (Wildman–Crippen MR) is 30.9 cm³/mol. The third-order valence-corrected chi connectivity index (χ3v) is 0.892. The number of hydrogen-bond donors (Lipinski definition) is 2. The fraction of sp³-hybridized carbons (Fsp3) is 0.800. The van der Waals surface area contributed by atoms with Crippen LogP contribution in [0.1, 0.15) is 13.8 Å². The summed E-state index contributed by atoms with van der Waals surface area (Å²) >= 11 is 0. The molecule has 6 heteroatoms. The van der Waals surface area contributed by atoms with Gasteiger partial charge in [-0.05, 0) is 13.8 Å². The van der Waals surface area contributed by atoms with Gasteiger partial charge in [-0.1, -0.05) is 0 Å². The van der Waals surface area contributed by atoms with Crippen molar-refractivity contribution in [3.8, 4) is 0 Å². The molecule has 11 heavy (non-hydrogen) atoms. The van der Waals surface area contributed by atoms with Crippen molar-refractivity contribution in [2.75, 3.05) is 0 Å². The Bertz CT molecular complexity index is 119. The van der Waals surface area contributed by atoms with E-state index in [0.29, 0.717) is 0 Å². The summed E-state index contributed by atoms with van der Waals surface area (Å²) in [4.78, 5) is 9.82. The second-order valence-corrected chi connectivity index (χ2v) is 2.38. The van der Waals surface area contributed by atoms with Gasteiger partial charge >= 0.3 is 29.6 Å². The molecule has 0 saturated heterocycles. The summed E-state index contributed by atoms with van der Waals surface area (Å²) in [5.74, 6) is -1.66. The molecule has 0 aliphatic carbocycles. The zero-order chi connectivity index (χ0) is 7.65. The smallest absolute Gasteiger partial charge is 0.547 e. The summed E-state index contributed by atoms with van der Waals surface area (Å²) in [6, 6.07) is 0. The van der Waals surface area contributed by atoms with Crippen LogP contribution < -0.4 is 34.7 Å². The molecule has 0 bridgehead atoms. The SMILES string of the molecule is CC(C)(O)[C@@H](O)C(=O)[O-].O.[Na+]. The van der Waals surface area contributed by atoms with Crippen molar-refractivity contribution in [1.29, 1.82) is 0 Å². The zero-order valence-corrected chi connectivity index (χ0v) is 8.79. The Labute approximate surface area is 86.6 Å². The first kappa shape index (κ1) is 17.4. The van der Waals surface area contributed by atoms with E-state index >= 15 is 0 Å². The van der Waals surface area contributed by atoms with Gasteiger partial charge in [-0.25, -0.2) is 0 Å². The average Bonchev–Trinajstić information content (AvgIpc) is 1.62. The molecule has 1 atom stereocenters. The van der Waals surface area contributed by atoms with Crippen molar-refractivity contribution in [2.24, 2.45) is 0 Å². The van der Waals surface area contributed by atoms with Crippen molar-refractivity contribution in [3.05, 3.63) is 0 Å². The van der Waals surface area contributed by atoms with E-state index in [1.807, 2.05) is 0 Å². The Hall–Kier alpha value is 0.350. The topological polar surface area (TPSA) is 112 Å². The van der Waals surface area contributed by atoms with Gasteiger partial charge in [-0.2, -0.15) is 0 Å². The van der Waals surface area contributed by atoms with Crippen LogP contribution in [-0.4, -0.2) is 33.4 Å². The van der Waals surface area contributed by atoms with Crippen LogP contribution in [0, 0.1) is 0 Å². The first-order chi connectivity index (χ1) is 3.85. The Kier molecular flexibility index (Phi) is 9.40. The molecule has 0 aromatic carbocycles. The normalized spacial score (nSPS) is 12.4. The van der Waals surface area contributed by atoms with Gasteiger partial charge in [-0.3, -0.25) is 0 Å². The molecule has 0 rings (SSSR count). The molecule has 0 saturated carbocycles. The molecule has 0 fully saturated rings. The molecule has 0 aromatic rings. The van der Waals surface area contributed by atoms with E-state index in [4.69, 9.17) is 10.2 Å². The molecular formula is C5H11NaO5. The summed E-state index contributed by atoms with van der Waals surface area (Å²) < 4.78 is 0. The summed E-state index contributed by atoms with van der Waals surface area (Å²) in [5, 5.41) is 27.2. The van der Waals surface area contributed by atoms with Crippen molar-refractivity contribution in [2.45, 2.75) is 25.6 Å². The van der Waals surface area contributed by atoms with Crippen molar-refractivity contribution >= 4 is 5.97 Å². The van der Waals surface area contributed by atoms with Gasteiger partial charge < -0.3 is 25.6 Å². The number of aliphatic carboxylic acids is 1. The fourth-order valence-corrected chi connectivity index (χ4v) is 0.288. The van der Waals surface area contributed by atoms with Gasteiger partial charge in [0.1, 0.15) is 6.10 Å². The van der Waals surface area contributed by atoms with Crippen molar-refractivity contribution in [1.82, 2.24) is 0 Å². The maximum absolute atomic E-state index is 9.82. The molecule has 0 aliphatic heterocycles. The molecule has 0 heterocycles. The standard InChI is InChI=1S/C5H10O4.Na.H2O/c1-5(2,9)3(6)4(7)8;;/h3,6,9H,1-2H3,(H,7,8);;1H2/q;+1;/p-1/t3-;;/m0../s1. The number of aliphatic hydroxyl groups is 2. The van der Waals surface area contributed by atoms with Crippen molar-refractivity contribution in [3.63, 3.8) is 0 Å². The minimum Gasteiger partial charge on any atom is -0.547 e. The molecule has 0 aromatic heterocycles. The number of carbonyl (C=O) groups is 1. The molecule has 4 N–H and O–H groups in total. The fourth-order valence-electron chi connectivity index (χ4n) is 0.288. The molecule has 0 aliphatic rings. The second-order valence-electron chi connectivity index (χ2n) is 2.38. The number of carboxylic acid groups (broad SMARTS) is 1. The van der Waals surface area contributed by atoms with E-state index < -0.39 is 17.7 Å². The third-order valence-electron chi connectivity index (χ3n) is 0.892. The zero-order valence-electron chi connectivity index (χ0n) is 6.79. The van der Waals surface area contributed by atoms with E-state index in [0.717, 1.165) is 0 Å². The average molecular weight is 174 g/mol. The Morgan fingerprint density at radius 3 is 1.82 bits per heavy atom. The van der Waals surface area contributed by atoms with Gasteiger partial charge in [0.05, 0.1) is 11.6 Å². The Morgan fingerprint density at radius 2 is 1.82 bits per heavy atom. The number of aliphatic hydroxyl groups excluding tert-OH is 1. The number of carboxylic acids is 1. The summed E-state index contributed by atoms with van der Waals surface area (Å²) in [6.45, 7) is 2.38. The van der Waals surface area contributed by atoms with Crippen LogP contribution in [0.5, 0.6) is 0 Å². The first-order valence-electron chi connectivity index (χ1n) is 2.47. The summed E-state index contributed by atoms with van der Waals surface area (Å²) in [7, 11) is 0. The molecule has 62 valence electrons. The molecule has 5 nitrogen and oxygen atoms in total. The van der Waals surface area contributed by atoms with Crippen LogP contribution in [0.25, 0.3) is 0 Å². The number of hydrogen-bond acceptors (Lipinski definition) is 4. The molecule has 0 radical (unpaired) electrons. The minimum absolute atomic E-state index is 0. The summed E-state index contributed by atoms with van der Waals surface area (Å²) in [5.41, 5.74) is -1.63. The number of rotatable bonds is 2. The van der Waals surface area contributed by atoms with Crippen molar-refractivity contribution < 1.29 is 55.1 Å². The predicted octanol–water partition coefficient (Wildman–Crippen LogP) is -5.95. The van der Waals surface area contributed by atoms with Gasteiger partial charge in [0, 0.05) is 0 Å². The van der Waals surface area contributed by atoms with Crippen LogP contribution in [0.15, 0.2) is 0 Å². The third kappa shape index (κ3) is 6.74. The van der Waals surface area contributed by atoms with Gasteiger partial charge in [0.15, 0.2) is 0 Å². The van der Waals surface area contributed by atoms with Crippen LogP contribution >= 0.6 is 0 Å². The van der Waals surface area contributed by atoms with E-state index in [1.165, 1.54) is 13.8 Å². The second kappa shape index (κ2) is 5.93. The maximum Gasteiger partial charge on any atom is 1.00 e. The van der Waals surface area contributed by atoms with E-state index in [-0.39, 0.29) is 35.0 Å². The number of carbonyl (C=O) groups excluding carboxylic acids is 1. The van der Waals surface area contributed by atoms with Crippen LogP contribution in [0.3, 0.4) is 0 Å². The monoisotopic (exact) mass is 174 g/mol. The Morgan fingerprint density at radius 1 is 1.55 bits per heavy atom. The quantitative estimate of drug-likeness (QED) is 0.406. The minimum atomic E-state index is -1.82. The van der Waals surface area contributed by atoms with Crippen LogP contribution in [-0.2, 0) is 4.79 Å².